The number of carbonyl (C=O) groups excluding carboxylic acids is 1. The van der Waals surface area contributed by atoms with Gasteiger partial charge in [0.15, 0.2) is 12.4 Å². The Labute approximate surface area is 171 Å². The number of aromatic nitrogens is 2. The van der Waals surface area contributed by atoms with E-state index >= 15 is 0 Å². The van der Waals surface area contributed by atoms with Crippen molar-refractivity contribution in [2.75, 3.05) is 11.9 Å². The topological polar surface area (TPSA) is 64.1 Å². The van der Waals surface area contributed by atoms with Gasteiger partial charge < -0.3 is 10.1 Å². The average molecular weight is 415 g/mol. The molecule has 0 saturated carbocycles. The van der Waals surface area contributed by atoms with Crippen molar-refractivity contribution in [3.63, 3.8) is 0 Å². The molecule has 0 aliphatic heterocycles. The van der Waals surface area contributed by atoms with Crippen LogP contribution in [0.3, 0.4) is 0 Å². The molecule has 0 atom stereocenters. The fourth-order valence-electron chi connectivity index (χ4n) is 2.75. The molecular weight excluding hydrogens is 395 g/mol. The second-order valence-corrected chi connectivity index (χ2v) is 6.90. The molecule has 3 aromatic rings. The van der Waals surface area contributed by atoms with Gasteiger partial charge in [-0.15, -0.1) is 0 Å². The van der Waals surface area contributed by atoms with E-state index in [1.165, 1.54) is 12.1 Å². The number of nitrogens with one attached hydrogen (secondary N) is 1. The van der Waals surface area contributed by atoms with E-state index in [1.807, 2.05) is 32.0 Å². The van der Waals surface area contributed by atoms with E-state index in [0.29, 0.717) is 16.9 Å². The predicted molar refractivity (Wildman–Crippen MR) is 107 cm³/mol. The van der Waals surface area contributed by atoms with Crippen molar-refractivity contribution >= 4 is 11.6 Å². The van der Waals surface area contributed by atoms with Crippen molar-refractivity contribution < 1.29 is 22.7 Å². The molecule has 8 heteroatoms. The Kier molecular flexibility index (Phi) is 6.05. The van der Waals surface area contributed by atoms with Crippen LogP contribution in [0.5, 0.6) is 5.88 Å². The lowest BCUT2D eigenvalue weighted by molar-refractivity contribution is -0.137. The number of alkyl halides is 3. The normalized spacial score (nSPS) is 11.3. The van der Waals surface area contributed by atoms with Crippen molar-refractivity contribution in [3.05, 3.63) is 70.9 Å². The van der Waals surface area contributed by atoms with Crippen LogP contribution in [0.1, 0.15) is 22.4 Å². The first-order valence-corrected chi connectivity index (χ1v) is 9.15. The number of carbonyl (C=O) groups is 1. The van der Waals surface area contributed by atoms with Crippen LogP contribution in [0.2, 0.25) is 0 Å². The standard InChI is InChI=1S/C22H20F3N3O2/c1-13-4-5-14(2)18(10-13)27-19(29)12-30-20-11-15(3)26-21(28-20)16-6-8-17(9-7-16)22(23,24)25/h4-11H,12H2,1-3H3,(H,27,29). The summed E-state index contributed by atoms with van der Waals surface area (Å²) in [5.41, 5.74) is 2.87. The molecule has 30 heavy (non-hydrogen) atoms. The molecule has 2 aromatic carbocycles. The maximum atomic E-state index is 12.7. The Morgan fingerprint density at radius 3 is 2.37 bits per heavy atom. The van der Waals surface area contributed by atoms with Gasteiger partial charge in [-0.25, -0.2) is 4.98 Å². The fraction of sp³-hybridized carbons (Fsp3) is 0.227. The highest BCUT2D eigenvalue weighted by Gasteiger charge is 2.30. The summed E-state index contributed by atoms with van der Waals surface area (Å²) in [5, 5.41) is 2.79. The molecule has 0 spiro atoms. The molecule has 1 heterocycles. The Morgan fingerprint density at radius 1 is 1.00 bits per heavy atom. The molecule has 0 radical (unpaired) electrons. The summed E-state index contributed by atoms with van der Waals surface area (Å²) < 4.78 is 43.7. The van der Waals surface area contributed by atoms with Crippen LogP contribution < -0.4 is 10.1 Å². The van der Waals surface area contributed by atoms with Gasteiger partial charge in [-0.3, -0.25) is 4.79 Å². The molecule has 1 N–H and O–H groups in total. The highest BCUT2D eigenvalue weighted by atomic mass is 19.4. The van der Waals surface area contributed by atoms with Crippen LogP contribution in [0.4, 0.5) is 18.9 Å². The van der Waals surface area contributed by atoms with Crippen LogP contribution in [-0.4, -0.2) is 22.5 Å². The molecule has 0 saturated heterocycles. The summed E-state index contributed by atoms with van der Waals surface area (Å²) in [6.45, 7) is 5.26. The third kappa shape index (κ3) is 5.34. The molecule has 156 valence electrons. The minimum Gasteiger partial charge on any atom is -0.467 e. The molecule has 0 aliphatic rings. The number of halogens is 3. The number of ether oxygens (including phenoxy) is 1. The number of hydrogen-bond acceptors (Lipinski definition) is 4. The number of aryl methyl sites for hydroxylation is 3. The van der Waals surface area contributed by atoms with Gasteiger partial charge in [0.25, 0.3) is 5.91 Å². The highest BCUT2D eigenvalue weighted by Crippen LogP contribution is 2.30. The number of rotatable bonds is 5. The maximum absolute atomic E-state index is 12.7. The number of hydrogen-bond donors (Lipinski definition) is 1. The number of anilines is 1. The molecule has 0 unspecified atom stereocenters. The van der Waals surface area contributed by atoms with Gasteiger partial charge in [0, 0.05) is 23.0 Å². The summed E-state index contributed by atoms with van der Waals surface area (Å²) in [6.07, 6.45) is -4.41. The fourth-order valence-corrected chi connectivity index (χ4v) is 2.75. The predicted octanol–water partition coefficient (Wildman–Crippen LogP) is 5.11. The van der Waals surface area contributed by atoms with E-state index in [0.717, 1.165) is 23.3 Å². The quantitative estimate of drug-likeness (QED) is 0.629. The first-order valence-electron chi connectivity index (χ1n) is 9.15. The van der Waals surface area contributed by atoms with E-state index in [1.54, 1.807) is 13.0 Å². The molecule has 1 aromatic heterocycles. The summed E-state index contributed by atoms with van der Waals surface area (Å²) >= 11 is 0. The van der Waals surface area contributed by atoms with Crippen molar-refractivity contribution in [1.82, 2.24) is 9.97 Å². The van der Waals surface area contributed by atoms with E-state index < -0.39 is 11.7 Å². The first-order chi connectivity index (χ1) is 14.1. The Hall–Kier alpha value is -3.42. The highest BCUT2D eigenvalue weighted by molar-refractivity contribution is 5.92. The summed E-state index contributed by atoms with van der Waals surface area (Å²) in [6, 6.07) is 11.8. The Balaban J connectivity index is 1.71. The Bertz CT molecular complexity index is 1060. The van der Waals surface area contributed by atoms with Gasteiger partial charge in [0.1, 0.15) is 0 Å². The lowest BCUT2D eigenvalue weighted by Crippen LogP contribution is -2.21. The van der Waals surface area contributed by atoms with Gasteiger partial charge in [-0.1, -0.05) is 24.3 Å². The van der Waals surface area contributed by atoms with Crippen molar-refractivity contribution in [2.45, 2.75) is 26.9 Å². The number of amides is 1. The van der Waals surface area contributed by atoms with E-state index in [4.69, 9.17) is 4.74 Å². The summed E-state index contributed by atoms with van der Waals surface area (Å²) in [7, 11) is 0. The van der Waals surface area contributed by atoms with Crippen molar-refractivity contribution in [2.24, 2.45) is 0 Å². The van der Waals surface area contributed by atoms with Gasteiger partial charge in [-0.05, 0) is 50.1 Å². The lowest BCUT2D eigenvalue weighted by atomic mass is 10.1. The average Bonchev–Trinajstić information content (AvgIpc) is 2.68. The van der Waals surface area contributed by atoms with E-state index in [9.17, 15) is 18.0 Å². The van der Waals surface area contributed by atoms with Crippen LogP contribution in [-0.2, 0) is 11.0 Å². The zero-order valence-corrected chi connectivity index (χ0v) is 16.7. The van der Waals surface area contributed by atoms with Crippen molar-refractivity contribution in [1.29, 1.82) is 0 Å². The molecule has 3 rings (SSSR count). The van der Waals surface area contributed by atoms with Crippen LogP contribution in [0.15, 0.2) is 48.5 Å². The van der Waals surface area contributed by atoms with Gasteiger partial charge >= 0.3 is 6.18 Å². The summed E-state index contributed by atoms with van der Waals surface area (Å²) in [5.74, 6) is 0.0261. The molecule has 0 aliphatic carbocycles. The molecule has 0 bridgehead atoms. The van der Waals surface area contributed by atoms with Crippen LogP contribution >= 0.6 is 0 Å². The minimum atomic E-state index is -4.41. The smallest absolute Gasteiger partial charge is 0.416 e. The van der Waals surface area contributed by atoms with Crippen LogP contribution in [0, 0.1) is 20.8 Å². The molecular formula is C22H20F3N3O2. The zero-order valence-electron chi connectivity index (χ0n) is 16.7. The van der Waals surface area contributed by atoms with E-state index in [2.05, 4.69) is 15.3 Å². The largest absolute Gasteiger partial charge is 0.467 e. The molecule has 1 amide bonds. The molecule has 5 nitrogen and oxygen atoms in total. The summed E-state index contributed by atoms with van der Waals surface area (Å²) in [4.78, 5) is 20.7. The lowest BCUT2D eigenvalue weighted by Gasteiger charge is -2.11. The monoisotopic (exact) mass is 415 g/mol. The Morgan fingerprint density at radius 2 is 1.70 bits per heavy atom. The van der Waals surface area contributed by atoms with Gasteiger partial charge in [-0.2, -0.15) is 18.2 Å². The molecule has 0 fully saturated rings. The van der Waals surface area contributed by atoms with Gasteiger partial charge in [0.2, 0.25) is 5.88 Å². The second kappa shape index (κ2) is 8.52. The van der Waals surface area contributed by atoms with Gasteiger partial charge in [0.05, 0.1) is 5.56 Å². The SMILES string of the molecule is Cc1ccc(C)c(NC(=O)COc2cc(C)nc(-c3ccc(C(F)(F)F)cc3)n2)c1. The van der Waals surface area contributed by atoms with Crippen molar-refractivity contribution in [3.8, 4) is 17.3 Å². The third-order valence-electron chi connectivity index (χ3n) is 4.32. The minimum absolute atomic E-state index is 0.161. The number of benzene rings is 2. The van der Waals surface area contributed by atoms with Crippen LogP contribution in [0.25, 0.3) is 11.4 Å². The zero-order chi connectivity index (χ0) is 21.9. The van der Waals surface area contributed by atoms with E-state index in [-0.39, 0.29) is 24.2 Å². The first kappa shape index (κ1) is 21.3. The third-order valence-corrected chi connectivity index (χ3v) is 4.32. The number of nitrogens with zero attached hydrogens (tertiary/aromatic N) is 2. The second-order valence-electron chi connectivity index (χ2n) is 6.90. The maximum Gasteiger partial charge on any atom is 0.416 e.